The van der Waals surface area contributed by atoms with Gasteiger partial charge >= 0.3 is 5.63 Å². The molecule has 3 rings (SSSR count). The molecule has 0 spiro atoms. The zero-order chi connectivity index (χ0) is 14.8. The number of carbonyl (C=O) groups is 1. The lowest BCUT2D eigenvalue weighted by Gasteiger charge is -2.11. The molecule has 0 fully saturated rings. The standard InChI is InChI=1S/C16H13NO3S/c1-10(14-7-4-8-21-14)17-15(18)12-9-11-5-2-3-6-13(11)20-16(12)19/h2-10H,1H3,(H,17,18)/t10-/m0/s1. The SMILES string of the molecule is C[C@H](NC(=O)c1cc2ccccc2oc1=O)c1cccs1. The molecule has 0 unspecified atom stereocenters. The Morgan fingerprint density at radius 2 is 2.05 bits per heavy atom. The highest BCUT2D eigenvalue weighted by molar-refractivity contribution is 7.10. The fourth-order valence-corrected chi connectivity index (χ4v) is 2.84. The number of fused-ring (bicyclic) bond motifs is 1. The van der Waals surface area contributed by atoms with E-state index in [9.17, 15) is 9.59 Å². The number of thiophene rings is 1. The predicted octanol–water partition coefficient (Wildman–Crippen LogP) is 3.35. The Labute approximate surface area is 125 Å². The van der Waals surface area contributed by atoms with Gasteiger partial charge in [0, 0.05) is 10.3 Å². The van der Waals surface area contributed by atoms with Gasteiger partial charge in [0.15, 0.2) is 0 Å². The van der Waals surface area contributed by atoms with Crippen LogP contribution in [0.4, 0.5) is 0 Å². The molecule has 5 heteroatoms. The molecule has 0 aliphatic carbocycles. The summed E-state index contributed by atoms with van der Waals surface area (Å²) in [6.45, 7) is 1.88. The predicted molar refractivity (Wildman–Crippen MR) is 82.7 cm³/mol. The van der Waals surface area contributed by atoms with Crippen LogP contribution in [-0.2, 0) is 0 Å². The number of para-hydroxylation sites is 1. The molecule has 1 aromatic carbocycles. The Kier molecular flexibility index (Phi) is 3.58. The van der Waals surface area contributed by atoms with E-state index in [2.05, 4.69) is 5.32 Å². The molecule has 1 amide bonds. The van der Waals surface area contributed by atoms with E-state index in [0.717, 1.165) is 10.3 Å². The van der Waals surface area contributed by atoms with Crippen LogP contribution in [0.15, 0.2) is 57.1 Å². The molecule has 0 aliphatic rings. The van der Waals surface area contributed by atoms with Gasteiger partial charge in [0.1, 0.15) is 11.1 Å². The van der Waals surface area contributed by atoms with Crippen molar-refractivity contribution in [2.45, 2.75) is 13.0 Å². The summed E-state index contributed by atoms with van der Waals surface area (Å²) in [7, 11) is 0. The number of hydrogen-bond donors (Lipinski definition) is 1. The van der Waals surface area contributed by atoms with Gasteiger partial charge in [-0.2, -0.15) is 0 Å². The normalized spacial score (nSPS) is 12.2. The average Bonchev–Trinajstić information content (AvgIpc) is 3.00. The Bertz CT molecular complexity index is 836. The van der Waals surface area contributed by atoms with Gasteiger partial charge in [-0.25, -0.2) is 4.79 Å². The van der Waals surface area contributed by atoms with Crippen LogP contribution < -0.4 is 10.9 Å². The van der Waals surface area contributed by atoms with Gasteiger partial charge in [0.25, 0.3) is 5.91 Å². The van der Waals surface area contributed by atoms with Gasteiger partial charge in [0.2, 0.25) is 0 Å². The number of rotatable bonds is 3. The van der Waals surface area contributed by atoms with Crippen molar-refractivity contribution < 1.29 is 9.21 Å². The smallest absolute Gasteiger partial charge is 0.349 e. The largest absolute Gasteiger partial charge is 0.422 e. The highest BCUT2D eigenvalue weighted by Gasteiger charge is 2.16. The average molecular weight is 299 g/mol. The van der Waals surface area contributed by atoms with Crippen molar-refractivity contribution in [2.75, 3.05) is 0 Å². The van der Waals surface area contributed by atoms with Crippen molar-refractivity contribution in [3.63, 3.8) is 0 Å². The van der Waals surface area contributed by atoms with Gasteiger partial charge < -0.3 is 9.73 Å². The summed E-state index contributed by atoms with van der Waals surface area (Å²) in [6.07, 6.45) is 0. The summed E-state index contributed by atoms with van der Waals surface area (Å²) < 4.78 is 5.17. The first kappa shape index (κ1) is 13.6. The van der Waals surface area contributed by atoms with Crippen molar-refractivity contribution in [1.29, 1.82) is 0 Å². The van der Waals surface area contributed by atoms with E-state index in [1.54, 1.807) is 35.6 Å². The lowest BCUT2D eigenvalue weighted by molar-refractivity contribution is 0.0937. The molecule has 2 heterocycles. The first-order chi connectivity index (χ1) is 10.1. The van der Waals surface area contributed by atoms with E-state index >= 15 is 0 Å². The Morgan fingerprint density at radius 1 is 1.24 bits per heavy atom. The third-order valence-electron chi connectivity index (χ3n) is 3.20. The van der Waals surface area contributed by atoms with Gasteiger partial charge in [0.05, 0.1) is 6.04 Å². The summed E-state index contributed by atoms with van der Waals surface area (Å²) in [6, 6.07) is 12.4. The van der Waals surface area contributed by atoms with Crippen LogP contribution in [0.5, 0.6) is 0 Å². The topological polar surface area (TPSA) is 59.3 Å². The zero-order valence-electron chi connectivity index (χ0n) is 11.3. The molecule has 0 saturated carbocycles. The lowest BCUT2D eigenvalue weighted by atomic mass is 10.1. The van der Waals surface area contributed by atoms with Crippen molar-refractivity contribution >= 4 is 28.2 Å². The summed E-state index contributed by atoms with van der Waals surface area (Å²) in [4.78, 5) is 25.2. The number of nitrogens with one attached hydrogen (secondary N) is 1. The maximum atomic E-state index is 12.2. The number of carbonyl (C=O) groups excluding carboxylic acids is 1. The van der Waals surface area contributed by atoms with Crippen LogP contribution in [0.2, 0.25) is 0 Å². The maximum absolute atomic E-state index is 12.2. The third-order valence-corrected chi connectivity index (χ3v) is 4.26. The van der Waals surface area contributed by atoms with E-state index in [1.165, 1.54) is 0 Å². The number of hydrogen-bond acceptors (Lipinski definition) is 4. The molecule has 3 aromatic rings. The molecule has 21 heavy (non-hydrogen) atoms. The molecule has 1 N–H and O–H groups in total. The molecule has 0 radical (unpaired) electrons. The second kappa shape index (κ2) is 5.54. The fourth-order valence-electron chi connectivity index (χ4n) is 2.10. The second-order valence-electron chi connectivity index (χ2n) is 4.70. The maximum Gasteiger partial charge on any atom is 0.349 e. The second-order valence-corrected chi connectivity index (χ2v) is 5.68. The van der Waals surface area contributed by atoms with Crippen LogP contribution >= 0.6 is 11.3 Å². The summed E-state index contributed by atoms with van der Waals surface area (Å²) in [5, 5.41) is 5.49. The molecule has 0 bridgehead atoms. The van der Waals surface area contributed by atoms with Crippen LogP contribution in [0, 0.1) is 0 Å². The number of benzene rings is 1. The molecular formula is C16H13NO3S. The van der Waals surface area contributed by atoms with Gasteiger partial charge in [-0.15, -0.1) is 11.3 Å². The van der Waals surface area contributed by atoms with Crippen LogP contribution in [-0.4, -0.2) is 5.91 Å². The Balaban J connectivity index is 1.91. The fraction of sp³-hybridized carbons (Fsp3) is 0.125. The zero-order valence-corrected chi connectivity index (χ0v) is 12.1. The highest BCUT2D eigenvalue weighted by atomic mass is 32.1. The van der Waals surface area contributed by atoms with E-state index in [0.29, 0.717) is 5.58 Å². The van der Waals surface area contributed by atoms with Crippen LogP contribution in [0.1, 0.15) is 28.2 Å². The minimum absolute atomic E-state index is 0.0251. The Hall–Kier alpha value is -2.40. The van der Waals surface area contributed by atoms with Gasteiger partial charge in [-0.05, 0) is 30.5 Å². The van der Waals surface area contributed by atoms with Gasteiger partial charge in [-0.1, -0.05) is 24.3 Å². The van der Waals surface area contributed by atoms with Crippen molar-refractivity contribution in [2.24, 2.45) is 0 Å². The molecule has 1 atom stereocenters. The highest BCUT2D eigenvalue weighted by Crippen LogP contribution is 2.19. The van der Waals surface area contributed by atoms with Crippen molar-refractivity contribution in [3.05, 3.63) is 68.7 Å². The molecule has 4 nitrogen and oxygen atoms in total. The summed E-state index contributed by atoms with van der Waals surface area (Å²) in [5.74, 6) is -0.421. The molecular weight excluding hydrogens is 286 g/mol. The monoisotopic (exact) mass is 299 g/mol. The van der Waals surface area contributed by atoms with Crippen molar-refractivity contribution in [1.82, 2.24) is 5.32 Å². The minimum Gasteiger partial charge on any atom is -0.422 e. The summed E-state index contributed by atoms with van der Waals surface area (Å²) in [5.41, 5.74) is -0.118. The van der Waals surface area contributed by atoms with E-state index in [-0.39, 0.29) is 11.6 Å². The van der Waals surface area contributed by atoms with E-state index in [4.69, 9.17) is 4.42 Å². The van der Waals surface area contributed by atoms with E-state index in [1.807, 2.05) is 30.5 Å². The summed E-state index contributed by atoms with van der Waals surface area (Å²) >= 11 is 1.56. The quantitative estimate of drug-likeness (QED) is 0.755. The third kappa shape index (κ3) is 2.73. The Morgan fingerprint density at radius 3 is 2.81 bits per heavy atom. The molecule has 106 valence electrons. The molecule has 0 saturated heterocycles. The van der Waals surface area contributed by atoms with Crippen LogP contribution in [0.25, 0.3) is 11.0 Å². The van der Waals surface area contributed by atoms with Crippen LogP contribution in [0.3, 0.4) is 0 Å². The van der Waals surface area contributed by atoms with E-state index < -0.39 is 11.5 Å². The number of amides is 1. The first-order valence-electron chi connectivity index (χ1n) is 6.52. The lowest BCUT2D eigenvalue weighted by Crippen LogP contribution is -2.30. The first-order valence-corrected chi connectivity index (χ1v) is 7.40. The minimum atomic E-state index is -0.621. The van der Waals surface area contributed by atoms with Gasteiger partial charge in [-0.3, -0.25) is 4.79 Å². The van der Waals surface area contributed by atoms with Crippen molar-refractivity contribution in [3.8, 4) is 0 Å². The molecule has 0 aliphatic heterocycles. The molecule has 2 aromatic heterocycles.